The van der Waals surface area contributed by atoms with Gasteiger partial charge in [-0.25, -0.2) is 0 Å². The number of carbonyl (C=O) groups excluding carboxylic acids is 2. The molecule has 4 heteroatoms. The van der Waals surface area contributed by atoms with E-state index in [1.165, 1.54) is 13.2 Å². The Bertz CT molecular complexity index is 406. The molecule has 3 nitrogen and oxygen atoms in total. The summed E-state index contributed by atoms with van der Waals surface area (Å²) in [6.07, 6.45) is 5.66. The molecule has 2 aliphatic carbocycles. The summed E-state index contributed by atoms with van der Waals surface area (Å²) in [6, 6.07) is 0. The quantitative estimate of drug-likeness (QED) is 0.401. The molecule has 0 N–H and O–H groups in total. The fourth-order valence-electron chi connectivity index (χ4n) is 2.35. The third-order valence-electron chi connectivity index (χ3n) is 3.30. The zero-order valence-electron chi connectivity index (χ0n) is 9.20. The van der Waals surface area contributed by atoms with E-state index in [-0.39, 0.29) is 23.6 Å². The van der Waals surface area contributed by atoms with Crippen molar-refractivity contribution in [2.24, 2.45) is 11.8 Å². The molecule has 0 spiro atoms. The molecule has 0 aromatic heterocycles. The maximum absolute atomic E-state index is 11.7. The Morgan fingerprint density at radius 1 is 1.69 bits per heavy atom. The Hall–Kier alpha value is -1.09. The zero-order chi connectivity index (χ0) is 11.9. The minimum atomic E-state index is -0.813. The Morgan fingerprint density at radius 3 is 3.00 bits per heavy atom. The average molecular weight is 241 g/mol. The molecule has 86 valence electrons. The predicted molar refractivity (Wildman–Crippen MR) is 59.9 cm³/mol. The molecule has 16 heavy (non-hydrogen) atoms. The van der Waals surface area contributed by atoms with Gasteiger partial charge in [0.25, 0.3) is 0 Å². The summed E-state index contributed by atoms with van der Waals surface area (Å²) in [5.74, 6) is -0.220. The van der Waals surface area contributed by atoms with Crippen molar-refractivity contribution in [2.45, 2.75) is 25.1 Å². The molecule has 3 atom stereocenters. The maximum Gasteiger partial charge on any atom is 0.307 e. The predicted octanol–water partition coefficient (Wildman–Crippen LogP) is 2.21. The lowest BCUT2D eigenvalue weighted by Gasteiger charge is -2.20. The first-order valence-electron chi connectivity index (χ1n) is 5.20. The van der Waals surface area contributed by atoms with Crippen LogP contribution in [0.5, 0.6) is 0 Å². The number of esters is 1. The third-order valence-corrected chi connectivity index (χ3v) is 3.76. The van der Waals surface area contributed by atoms with Gasteiger partial charge in [0.1, 0.15) is 4.87 Å². The van der Waals surface area contributed by atoms with Gasteiger partial charge < -0.3 is 4.74 Å². The van der Waals surface area contributed by atoms with Crippen LogP contribution in [-0.2, 0) is 14.3 Å². The highest BCUT2D eigenvalue weighted by Crippen LogP contribution is 2.49. The fraction of sp³-hybridized carbons (Fsp3) is 0.500. The first-order valence-corrected chi connectivity index (χ1v) is 5.58. The van der Waals surface area contributed by atoms with Crippen molar-refractivity contribution in [3.8, 4) is 0 Å². The van der Waals surface area contributed by atoms with Gasteiger partial charge in [-0.05, 0) is 12.5 Å². The van der Waals surface area contributed by atoms with E-state index in [2.05, 4.69) is 0 Å². The van der Waals surface area contributed by atoms with Crippen LogP contribution in [0.1, 0.15) is 20.3 Å². The number of carbonyl (C=O) groups is 2. The number of Topliss-reactive ketones (excluding diaryl/α,β-unsaturated/α-hetero) is 1. The number of halogens is 1. The molecule has 0 aromatic rings. The Balaban J connectivity index is 2.20. The van der Waals surface area contributed by atoms with Crippen LogP contribution < -0.4 is 0 Å². The second kappa shape index (κ2) is 3.74. The summed E-state index contributed by atoms with van der Waals surface area (Å²) in [6.45, 7) is 3.10. The molecule has 0 bridgehead atoms. The highest BCUT2D eigenvalue weighted by Gasteiger charge is 2.52. The normalized spacial score (nSPS) is 39.2. The van der Waals surface area contributed by atoms with E-state index in [0.717, 1.165) is 5.57 Å². The molecule has 2 aliphatic rings. The molecular weight excluding hydrogens is 228 g/mol. The smallest absolute Gasteiger partial charge is 0.307 e. The highest BCUT2D eigenvalue weighted by atomic mass is 35.5. The summed E-state index contributed by atoms with van der Waals surface area (Å²) in [7, 11) is 0. The van der Waals surface area contributed by atoms with Gasteiger partial charge in [-0.1, -0.05) is 12.2 Å². The summed E-state index contributed by atoms with van der Waals surface area (Å²) in [4.78, 5) is 21.6. The molecule has 0 aromatic carbocycles. The molecule has 1 fully saturated rings. The second-order valence-corrected chi connectivity index (χ2v) is 5.21. The SMILES string of the molecule is CC(=O)O/C=C1\C=C[C@@H]2[C@H]1CC(=O)[C@@]2(C)Cl. The molecule has 2 rings (SSSR count). The van der Waals surface area contributed by atoms with Crippen LogP contribution in [0, 0.1) is 11.8 Å². The van der Waals surface area contributed by atoms with Gasteiger partial charge in [0.05, 0.1) is 6.26 Å². The van der Waals surface area contributed by atoms with Gasteiger partial charge in [0, 0.05) is 25.2 Å². The molecule has 0 saturated heterocycles. The molecular formula is C12H13ClO3. The molecule has 0 aliphatic heterocycles. The number of ether oxygens (including phenoxy) is 1. The van der Waals surface area contributed by atoms with E-state index < -0.39 is 4.87 Å². The number of hydrogen-bond donors (Lipinski definition) is 0. The van der Waals surface area contributed by atoms with E-state index in [1.54, 1.807) is 6.92 Å². The van der Waals surface area contributed by atoms with Crippen LogP contribution in [0.3, 0.4) is 0 Å². The zero-order valence-corrected chi connectivity index (χ0v) is 9.95. The van der Waals surface area contributed by atoms with Gasteiger partial charge in [-0.15, -0.1) is 11.6 Å². The Morgan fingerprint density at radius 2 is 2.38 bits per heavy atom. The Labute approximate surface area is 99.1 Å². The van der Waals surface area contributed by atoms with Crippen molar-refractivity contribution in [2.75, 3.05) is 0 Å². The van der Waals surface area contributed by atoms with Crippen LogP contribution in [0.4, 0.5) is 0 Å². The van der Waals surface area contributed by atoms with Crippen molar-refractivity contribution >= 4 is 23.4 Å². The van der Waals surface area contributed by atoms with Gasteiger partial charge >= 0.3 is 5.97 Å². The summed E-state index contributed by atoms with van der Waals surface area (Å²) < 4.78 is 4.83. The lowest BCUT2D eigenvalue weighted by Crippen LogP contribution is -2.29. The van der Waals surface area contributed by atoms with Gasteiger partial charge in [-0.3, -0.25) is 9.59 Å². The number of rotatable bonds is 1. The van der Waals surface area contributed by atoms with E-state index in [0.29, 0.717) is 6.42 Å². The number of fused-ring (bicyclic) bond motifs is 1. The summed E-state index contributed by atoms with van der Waals surface area (Å²) in [5, 5.41) is 0. The van der Waals surface area contributed by atoms with Crippen molar-refractivity contribution < 1.29 is 14.3 Å². The fourth-order valence-corrected chi connectivity index (χ4v) is 2.65. The van der Waals surface area contributed by atoms with Crippen molar-refractivity contribution in [3.05, 3.63) is 24.0 Å². The lowest BCUT2D eigenvalue weighted by atomic mass is 9.91. The van der Waals surface area contributed by atoms with Crippen LogP contribution in [0.2, 0.25) is 0 Å². The van der Waals surface area contributed by atoms with Crippen LogP contribution in [-0.4, -0.2) is 16.6 Å². The van der Waals surface area contributed by atoms with E-state index in [1.807, 2.05) is 12.2 Å². The van der Waals surface area contributed by atoms with Crippen molar-refractivity contribution in [1.29, 1.82) is 0 Å². The lowest BCUT2D eigenvalue weighted by molar-refractivity contribution is -0.135. The van der Waals surface area contributed by atoms with Crippen LogP contribution >= 0.6 is 11.6 Å². The minimum absolute atomic E-state index is 0.0171. The van der Waals surface area contributed by atoms with Crippen LogP contribution in [0.25, 0.3) is 0 Å². The number of hydrogen-bond acceptors (Lipinski definition) is 3. The minimum Gasteiger partial charge on any atom is -0.434 e. The van der Waals surface area contributed by atoms with E-state index in [4.69, 9.17) is 16.3 Å². The molecule has 1 saturated carbocycles. The molecule has 0 unspecified atom stereocenters. The third kappa shape index (κ3) is 1.69. The second-order valence-electron chi connectivity index (χ2n) is 4.42. The van der Waals surface area contributed by atoms with Crippen LogP contribution in [0.15, 0.2) is 24.0 Å². The Kier molecular flexibility index (Phi) is 2.66. The van der Waals surface area contributed by atoms with Crippen molar-refractivity contribution in [1.82, 2.24) is 0 Å². The topological polar surface area (TPSA) is 43.4 Å². The molecule has 0 radical (unpaired) electrons. The summed E-state index contributed by atoms with van der Waals surface area (Å²) >= 11 is 6.21. The molecule has 0 amide bonds. The van der Waals surface area contributed by atoms with Gasteiger partial charge in [0.2, 0.25) is 0 Å². The standard InChI is InChI=1S/C12H13ClO3/c1-7(14)16-6-8-3-4-10-9(8)5-11(15)12(10,2)13/h3-4,6,9-10H,5H2,1-2H3/b8-6+/t9-,10+,12-/m0/s1. The maximum atomic E-state index is 11.7. The highest BCUT2D eigenvalue weighted by molar-refractivity contribution is 6.36. The number of allylic oxidation sites excluding steroid dienone is 3. The molecule has 0 heterocycles. The van der Waals surface area contributed by atoms with Crippen molar-refractivity contribution in [3.63, 3.8) is 0 Å². The monoisotopic (exact) mass is 240 g/mol. The average Bonchev–Trinajstić information content (AvgIpc) is 2.66. The number of alkyl halides is 1. The van der Waals surface area contributed by atoms with Gasteiger partial charge in [-0.2, -0.15) is 0 Å². The largest absolute Gasteiger partial charge is 0.434 e. The van der Waals surface area contributed by atoms with E-state index in [9.17, 15) is 9.59 Å². The first-order chi connectivity index (χ1) is 7.43. The number of ketones is 1. The summed E-state index contributed by atoms with van der Waals surface area (Å²) in [5.41, 5.74) is 0.873. The van der Waals surface area contributed by atoms with E-state index >= 15 is 0 Å². The van der Waals surface area contributed by atoms with Gasteiger partial charge in [0.15, 0.2) is 5.78 Å². The first kappa shape index (κ1) is 11.4.